The van der Waals surface area contributed by atoms with E-state index in [2.05, 4.69) is 20.5 Å². The maximum absolute atomic E-state index is 12.7. The van der Waals surface area contributed by atoms with Crippen molar-refractivity contribution in [3.63, 3.8) is 0 Å². The van der Waals surface area contributed by atoms with Gasteiger partial charge in [0.25, 0.3) is 5.56 Å². The topological polar surface area (TPSA) is 105 Å². The molecule has 1 saturated carbocycles. The summed E-state index contributed by atoms with van der Waals surface area (Å²) in [5.74, 6) is 2.71. The molecule has 0 spiro atoms. The molecule has 0 radical (unpaired) electrons. The summed E-state index contributed by atoms with van der Waals surface area (Å²) in [6.45, 7) is 3.58. The predicted molar refractivity (Wildman–Crippen MR) is 143 cm³/mol. The maximum atomic E-state index is 12.7. The summed E-state index contributed by atoms with van der Waals surface area (Å²) in [4.78, 5) is 17.2. The van der Waals surface area contributed by atoms with E-state index in [0.29, 0.717) is 43.1 Å². The van der Waals surface area contributed by atoms with E-state index < -0.39 is 0 Å². The molecule has 198 valence electrons. The number of rotatable bonds is 11. The highest BCUT2D eigenvalue weighted by Crippen LogP contribution is 2.46. The molecule has 5 rings (SSSR count). The Morgan fingerprint density at radius 1 is 1.05 bits per heavy atom. The van der Waals surface area contributed by atoms with Gasteiger partial charge in [-0.3, -0.25) is 14.5 Å². The van der Waals surface area contributed by atoms with Gasteiger partial charge in [0, 0.05) is 48.9 Å². The summed E-state index contributed by atoms with van der Waals surface area (Å²) in [5.41, 5.74) is 4.29. The smallest absolute Gasteiger partial charge is 0.290 e. The van der Waals surface area contributed by atoms with E-state index in [-0.39, 0.29) is 5.56 Å². The molecule has 0 saturated heterocycles. The van der Waals surface area contributed by atoms with Crippen LogP contribution in [0.4, 0.5) is 5.69 Å². The van der Waals surface area contributed by atoms with Crippen LogP contribution in [0.5, 0.6) is 17.4 Å². The van der Waals surface area contributed by atoms with Crippen molar-refractivity contribution in [2.75, 3.05) is 26.1 Å². The van der Waals surface area contributed by atoms with Gasteiger partial charge < -0.3 is 19.5 Å². The number of aryl methyl sites for hydroxylation is 2. The number of methoxy groups -OCH3 is 2. The van der Waals surface area contributed by atoms with E-state index in [0.717, 1.165) is 40.4 Å². The molecule has 38 heavy (non-hydrogen) atoms. The fourth-order valence-electron chi connectivity index (χ4n) is 4.42. The molecular formula is C28H32N6O4. The van der Waals surface area contributed by atoms with Gasteiger partial charge in [0.1, 0.15) is 17.2 Å². The number of hydrogen-bond acceptors (Lipinski definition) is 8. The fourth-order valence-corrected chi connectivity index (χ4v) is 4.42. The molecule has 0 amide bonds. The minimum Gasteiger partial charge on any atom is -0.497 e. The van der Waals surface area contributed by atoms with Gasteiger partial charge in [0.2, 0.25) is 5.88 Å². The molecule has 3 aromatic heterocycles. The van der Waals surface area contributed by atoms with Crippen LogP contribution in [0.25, 0.3) is 0 Å². The maximum Gasteiger partial charge on any atom is 0.290 e. The van der Waals surface area contributed by atoms with Crippen LogP contribution in [-0.4, -0.2) is 45.4 Å². The zero-order valence-corrected chi connectivity index (χ0v) is 22.0. The van der Waals surface area contributed by atoms with Gasteiger partial charge in [-0.2, -0.15) is 5.10 Å². The van der Waals surface area contributed by atoms with Crippen LogP contribution >= 0.6 is 0 Å². The van der Waals surface area contributed by atoms with Crippen molar-refractivity contribution >= 4 is 5.69 Å². The Labute approximate surface area is 221 Å². The Morgan fingerprint density at radius 3 is 2.53 bits per heavy atom. The molecule has 10 nitrogen and oxygen atoms in total. The van der Waals surface area contributed by atoms with E-state index in [1.807, 2.05) is 54.2 Å². The number of pyridine rings is 1. The first-order valence-electron chi connectivity index (χ1n) is 12.5. The van der Waals surface area contributed by atoms with Crippen molar-refractivity contribution in [3.8, 4) is 17.4 Å². The van der Waals surface area contributed by atoms with Crippen molar-refractivity contribution in [2.45, 2.75) is 32.4 Å². The Kier molecular flexibility index (Phi) is 7.30. The number of hydrogen-bond donors (Lipinski definition) is 1. The second-order valence-corrected chi connectivity index (χ2v) is 9.50. The Hall–Kier alpha value is -4.34. The van der Waals surface area contributed by atoms with Crippen molar-refractivity contribution in [2.24, 2.45) is 13.0 Å². The first kappa shape index (κ1) is 25.3. The summed E-state index contributed by atoms with van der Waals surface area (Å²) >= 11 is 0. The lowest BCUT2D eigenvalue weighted by Gasteiger charge is -2.10. The van der Waals surface area contributed by atoms with Gasteiger partial charge in [-0.1, -0.05) is 12.1 Å². The monoisotopic (exact) mass is 516 g/mol. The van der Waals surface area contributed by atoms with Crippen LogP contribution in [0.1, 0.15) is 34.9 Å². The molecule has 0 bridgehead atoms. The molecule has 1 aromatic carbocycles. The zero-order chi connectivity index (χ0) is 26.6. The predicted octanol–water partition coefficient (Wildman–Crippen LogP) is 3.54. The number of nitrogens with one attached hydrogen (secondary N) is 1. The van der Waals surface area contributed by atoms with Crippen LogP contribution in [0.15, 0.2) is 59.7 Å². The lowest BCUT2D eigenvalue weighted by atomic mass is 10.2. The lowest BCUT2D eigenvalue weighted by Crippen LogP contribution is -2.24. The number of ether oxygens (including phenoxy) is 3. The fraction of sp³-hybridized carbons (Fsp3) is 0.357. The molecule has 1 N–H and O–H groups in total. The third-order valence-corrected chi connectivity index (χ3v) is 6.80. The molecule has 4 aromatic rings. The van der Waals surface area contributed by atoms with E-state index in [1.54, 1.807) is 33.5 Å². The second-order valence-electron chi connectivity index (χ2n) is 9.50. The average Bonchev–Trinajstić information content (AvgIpc) is 3.63. The highest BCUT2D eigenvalue weighted by molar-refractivity contribution is 5.44. The molecule has 10 heteroatoms. The summed E-state index contributed by atoms with van der Waals surface area (Å²) in [6, 6.07) is 13.5. The first-order valence-corrected chi connectivity index (χ1v) is 12.5. The minimum absolute atomic E-state index is 0.215. The third-order valence-electron chi connectivity index (χ3n) is 6.80. The van der Waals surface area contributed by atoms with Crippen LogP contribution in [0.3, 0.4) is 0 Å². The molecule has 2 atom stereocenters. The Balaban J connectivity index is 1.18. The molecule has 0 aliphatic heterocycles. The van der Waals surface area contributed by atoms with Crippen LogP contribution in [0.2, 0.25) is 0 Å². The Morgan fingerprint density at radius 2 is 1.82 bits per heavy atom. The molecular weight excluding hydrogens is 484 g/mol. The van der Waals surface area contributed by atoms with E-state index in [4.69, 9.17) is 14.2 Å². The molecule has 1 aliphatic rings. The van der Waals surface area contributed by atoms with Crippen LogP contribution < -0.4 is 25.1 Å². The highest BCUT2D eigenvalue weighted by Gasteiger charge is 2.40. The Bertz CT molecular complexity index is 1450. The highest BCUT2D eigenvalue weighted by atomic mass is 16.5. The standard InChI is InChI=1S/C28H32N6O4/c1-18-21(16-34(31-18)15-19-5-7-22(36-3)8-6-19)13-29-26-12-27(32-33(2)28(26)35)38-17-20-11-24(20)25-10-9-23(37-4)14-30-25/h5-10,12,14,16,20,24,29H,11,13,15,17H2,1-4H3/t20-,24+/m1/s1. The lowest BCUT2D eigenvalue weighted by molar-refractivity contribution is 0.278. The van der Waals surface area contributed by atoms with E-state index >= 15 is 0 Å². The van der Waals surface area contributed by atoms with Gasteiger partial charge in [0.05, 0.1) is 39.3 Å². The van der Waals surface area contributed by atoms with Crippen LogP contribution in [-0.2, 0) is 20.1 Å². The van der Waals surface area contributed by atoms with Crippen LogP contribution in [0, 0.1) is 12.8 Å². The normalized spacial score (nSPS) is 16.2. The largest absolute Gasteiger partial charge is 0.497 e. The minimum atomic E-state index is -0.215. The van der Waals surface area contributed by atoms with Crippen molar-refractivity contribution < 1.29 is 14.2 Å². The quantitative estimate of drug-likeness (QED) is 0.323. The number of benzene rings is 1. The van der Waals surface area contributed by atoms with E-state index in [1.165, 1.54) is 4.68 Å². The SMILES string of the molecule is COc1ccc(Cn2cc(CNc3cc(OC[C@H]4C[C@@H]4c4ccc(OC)cn4)nn(C)c3=O)c(C)n2)cc1. The number of aromatic nitrogens is 5. The number of nitrogens with zero attached hydrogens (tertiary/aromatic N) is 5. The molecule has 3 heterocycles. The summed E-state index contributed by atoms with van der Waals surface area (Å²) in [5, 5.41) is 12.1. The zero-order valence-electron chi connectivity index (χ0n) is 22.0. The molecule has 1 aliphatic carbocycles. The van der Waals surface area contributed by atoms with Gasteiger partial charge in [-0.15, -0.1) is 5.10 Å². The van der Waals surface area contributed by atoms with Gasteiger partial charge in [-0.05, 0) is 43.2 Å². The summed E-state index contributed by atoms with van der Waals surface area (Å²) < 4.78 is 19.6. The first-order chi connectivity index (χ1) is 18.4. The van der Waals surface area contributed by atoms with E-state index in [9.17, 15) is 4.79 Å². The second kappa shape index (κ2) is 11.0. The molecule has 1 fully saturated rings. The van der Waals surface area contributed by atoms with Crippen molar-refractivity contribution in [3.05, 3.63) is 87.7 Å². The summed E-state index contributed by atoms with van der Waals surface area (Å²) in [7, 11) is 4.91. The molecule has 0 unspecified atom stereocenters. The van der Waals surface area contributed by atoms with Crippen molar-refractivity contribution in [1.29, 1.82) is 0 Å². The van der Waals surface area contributed by atoms with Gasteiger partial charge >= 0.3 is 0 Å². The third kappa shape index (κ3) is 5.80. The number of anilines is 1. The van der Waals surface area contributed by atoms with Gasteiger partial charge in [0.15, 0.2) is 0 Å². The average molecular weight is 517 g/mol. The van der Waals surface area contributed by atoms with Crippen molar-refractivity contribution in [1.82, 2.24) is 24.5 Å². The van der Waals surface area contributed by atoms with Gasteiger partial charge in [-0.25, -0.2) is 4.68 Å². The summed E-state index contributed by atoms with van der Waals surface area (Å²) in [6.07, 6.45) is 4.74.